The summed E-state index contributed by atoms with van der Waals surface area (Å²) in [6.07, 6.45) is -3.29. The van der Waals surface area contributed by atoms with E-state index in [0.29, 0.717) is 10.2 Å². The van der Waals surface area contributed by atoms with Crippen molar-refractivity contribution in [2.45, 2.75) is 13.1 Å². The molecule has 0 bridgehead atoms. The van der Waals surface area contributed by atoms with Crippen LogP contribution in [0.2, 0.25) is 0 Å². The Morgan fingerprint density at radius 2 is 2.04 bits per heavy atom. The number of fused-ring (bicyclic) bond motifs is 1. The SMILES string of the molecule is CCOC(=O)c1csc2ncnc(Nc3ccccc3C(F)(F)F)c12. The fourth-order valence-corrected chi connectivity index (χ4v) is 3.17. The number of aromatic nitrogens is 2. The van der Waals surface area contributed by atoms with E-state index in [9.17, 15) is 18.0 Å². The Morgan fingerprint density at radius 3 is 2.76 bits per heavy atom. The van der Waals surface area contributed by atoms with Crippen LogP contribution in [0.15, 0.2) is 36.0 Å². The van der Waals surface area contributed by atoms with Gasteiger partial charge in [0.25, 0.3) is 0 Å². The van der Waals surface area contributed by atoms with Crippen molar-refractivity contribution in [2.24, 2.45) is 0 Å². The predicted molar refractivity (Wildman–Crippen MR) is 88.1 cm³/mol. The number of hydrogen-bond donors (Lipinski definition) is 1. The highest BCUT2D eigenvalue weighted by Gasteiger charge is 2.33. The average Bonchev–Trinajstić information content (AvgIpc) is 3.00. The second-order valence-electron chi connectivity index (χ2n) is 4.94. The highest BCUT2D eigenvalue weighted by atomic mass is 32.1. The lowest BCUT2D eigenvalue weighted by atomic mass is 10.1. The lowest BCUT2D eigenvalue weighted by Crippen LogP contribution is -2.10. The van der Waals surface area contributed by atoms with Gasteiger partial charge >= 0.3 is 12.1 Å². The molecule has 0 radical (unpaired) electrons. The zero-order chi connectivity index (χ0) is 18.0. The Kier molecular flexibility index (Phi) is 4.58. The zero-order valence-corrected chi connectivity index (χ0v) is 13.7. The first-order chi connectivity index (χ1) is 11.9. The molecular formula is C16H12F3N3O2S. The summed E-state index contributed by atoms with van der Waals surface area (Å²) in [5.41, 5.74) is -0.764. The number of rotatable bonds is 4. The van der Waals surface area contributed by atoms with Crippen molar-refractivity contribution >= 4 is 39.0 Å². The summed E-state index contributed by atoms with van der Waals surface area (Å²) < 4.78 is 44.5. The van der Waals surface area contributed by atoms with Crippen LogP contribution in [0.25, 0.3) is 10.2 Å². The van der Waals surface area contributed by atoms with E-state index in [0.717, 1.165) is 6.07 Å². The van der Waals surface area contributed by atoms with Gasteiger partial charge in [-0.2, -0.15) is 13.2 Å². The first kappa shape index (κ1) is 17.2. The first-order valence-electron chi connectivity index (χ1n) is 7.24. The number of halogens is 3. The van der Waals surface area contributed by atoms with Crippen LogP contribution in [-0.4, -0.2) is 22.5 Å². The molecule has 0 aliphatic carbocycles. The van der Waals surface area contributed by atoms with Gasteiger partial charge in [0.1, 0.15) is 17.0 Å². The largest absolute Gasteiger partial charge is 0.462 e. The number of hydrogen-bond acceptors (Lipinski definition) is 6. The molecule has 0 saturated heterocycles. The molecule has 2 aromatic heterocycles. The lowest BCUT2D eigenvalue weighted by molar-refractivity contribution is -0.136. The Morgan fingerprint density at radius 1 is 1.28 bits per heavy atom. The van der Waals surface area contributed by atoms with Crippen molar-refractivity contribution in [3.05, 3.63) is 47.1 Å². The quantitative estimate of drug-likeness (QED) is 0.681. The maximum Gasteiger partial charge on any atom is 0.418 e. The number of para-hydroxylation sites is 1. The number of nitrogens with one attached hydrogen (secondary N) is 1. The molecule has 0 spiro atoms. The topological polar surface area (TPSA) is 64.1 Å². The molecule has 0 aliphatic heterocycles. The Labute approximate surface area is 144 Å². The minimum Gasteiger partial charge on any atom is -0.462 e. The van der Waals surface area contributed by atoms with Crippen molar-refractivity contribution in [1.29, 1.82) is 0 Å². The third-order valence-corrected chi connectivity index (χ3v) is 4.24. The highest BCUT2D eigenvalue weighted by molar-refractivity contribution is 7.17. The molecular weight excluding hydrogens is 355 g/mol. The second kappa shape index (κ2) is 6.67. The van der Waals surface area contributed by atoms with Gasteiger partial charge in [0.05, 0.1) is 28.8 Å². The number of anilines is 2. The zero-order valence-electron chi connectivity index (χ0n) is 12.9. The van der Waals surface area contributed by atoms with Crippen LogP contribution in [0.5, 0.6) is 0 Å². The van der Waals surface area contributed by atoms with Crippen LogP contribution in [0.4, 0.5) is 24.7 Å². The van der Waals surface area contributed by atoms with E-state index in [1.165, 1.54) is 35.9 Å². The molecule has 0 atom stereocenters. The number of carbonyl (C=O) groups excluding carboxylic acids is 1. The minimum absolute atomic E-state index is 0.117. The summed E-state index contributed by atoms with van der Waals surface area (Å²) in [5, 5.41) is 4.56. The molecule has 130 valence electrons. The van der Waals surface area contributed by atoms with Gasteiger partial charge in [0.15, 0.2) is 0 Å². The molecule has 0 aliphatic rings. The molecule has 3 rings (SSSR count). The van der Waals surface area contributed by atoms with Crippen LogP contribution in [-0.2, 0) is 10.9 Å². The number of alkyl halides is 3. The Balaban J connectivity index is 2.09. The summed E-state index contributed by atoms with van der Waals surface area (Å²) in [7, 11) is 0. The lowest BCUT2D eigenvalue weighted by Gasteiger charge is -2.14. The first-order valence-corrected chi connectivity index (χ1v) is 8.12. The van der Waals surface area contributed by atoms with Crippen molar-refractivity contribution in [2.75, 3.05) is 11.9 Å². The van der Waals surface area contributed by atoms with E-state index in [4.69, 9.17) is 4.74 Å². The van der Waals surface area contributed by atoms with Crippen LogP contribution in [0.1, 0.15) is 22.8 Å². The number of benzene rings is 1. The van der Waals surface area contributed by atoms with E-state index in [2.05, 4.69) is 15.3 Å². The van der Waals surface area contributed by atoms with Gasteiger partial charge in [-0.15, -0.1) is 11.3 Å². The van der Waals surface area contributed by atoms with E-state index < -0.39 is 17.7 Å². The molecule has 0 fully saturated rings. The molecule has 0 saturated carbocycles. The van der Waals surface area contributed by atoms with Crippen LogP contribution in [0, 0.1) is 0 Å². The van der Waals surface area contributed by atoms with Gasteiger partial charge in [-0.05, 0) is 19.1 Å². The monoisotopic (exact) mass is 367 g/mol. The molecule has 3 aromatic rings. The highest BCUT2D eigenvalue weighted by Crippen LogP contribution is 2.37. The van der Waals surface area contributed by atoms with Crippen molar-refractivity contribution in [3.63, 3.8) is 0 Å². The third-order valence-electron chi connectivity index (χ3n) is 3.35. The number of ether oxygens (including phenoxy) is 1. The third kappa shape index (κ3) is 3.41. The minimum atomic E-state index is -4.52. The smallest absolute Gasteiger partial charge is 0.418 e. The van der Waals surface area contributed by atoms with E-state index >= 15 is 0 Å². The molecule has 2 heterocycles. The van der Waals surface area contributed by atoms with Crippen molar-refractivity contribution < 1.29 is 22.7 Å². The summed E-state index contributed by atoms with van der Waals surface area (Å²) in [4.78, 5) is 20.6. The van der Waals surface area contributed by atoms with Gasteiger partial charge in [-0.3, -0.25) is 0 Å². The summed E-state index contributed by atoms with van der Waals surface area (Å²) >= 11 is 1.19. The normalized spacial score (nSPS) is 11.5. The summed E-state index contributed by atoms with van der Waals surface area (Å²) in [6.45, 7) is 1.85. The fourth-order valence-electron chi connectivity index (χ4n) is 2.30. The fraction of sp³-hybridized carbons (Fsp3) is 0.188. The van der Waals surface area contributed by atoms with Crippen LogP contribution in [0.3, 0.4) is 0 Å². The van der Waals surface area contributed by atoms with Crippen LogP contribution >= 0.6 is 11.3 Å². The molecule has 5 nitrogen and oxygen atoms in total. The van der Waals surface area contributed by atoms with Crippen LogP contribution < -0.4 is 5.32 Å². The van der Waals surface area contributed by atoms with Gasteiger partial charge in [-0.1, -0.05) is 12.1 Å². The van der Waals surface area contributed by atoms with Gasteiger partial charge in [-0.25, -0.2) is 14.8 Å². The van der Waals surface area contributed by atoms with Gasteiger partial charge in [0, 0.05) is 5.38 Å². The molecule has 9 heteroatoms. The standard InChI is InChI=1S/C16H12F3N3O2S/c1-2-24-15(23)9-7-25-14-12(9)13(20-8-21-14)22-11-6-4-3-5-10(11)16(17,18)19/h3-8H,2H2,1H3,(H,20,21,22). The Bertz CT molecular complexity index is 924. The molecule has 0 unspecified atom stereocenters. The van der Waals surface area contributed by atoms with Gasteiger partial charge in [0.2, 0.25) is 0 Å². The van der Waals surface area contributed by atoms with E-state index in [1.807, 2.05) is 0 Å². The number of thiophene rings is 1. The predicted octanol–water partition coefficient (Wildman–Crippen LogP) is 4.63. The van der Waals surface area contributed by atoms with E-state index in [1.54, 1.807) is 12.3 Å². The van der Waals surface area contributed by atoms with Crippen molar-refractivity contribution in [3.8, 4) is 0 Å². The number of esters is 1. The van der Waals surface area contributed by atoms with Crippen molar-refractivity contribution in [1.82, 2.24) is 9.97 Å². The maximum atomic E-state index is 13.2. The number of nitrogens with zero attached hydrogens (tertiary/aromatic N) is 2. The van der Waals surface area contributed by atoms with Gasteiger partial charge < -0.3 is 10.1 Å². The Hall–Kier alpha value is -2.68. The molecule has 0 amide bonds. The maximum absolute atomic E-state index is 13.2. The van der Waals surface area contributed by atoms with E-state index in [-0.39, 0.29) is 23.7 Å². The summed E-state index contributed by atoms with van der Waals surface area (Å²) in [6, 6.07) is 5.06. The summed E-state index contributed by atoms with van der Waals surface area (Å²) in [5.74, 6) is -0.457. The molecule has 25 heavy (non-hydrogen) atoms. The molecule has 1 aromatic carbocycles. The molecule has 1 N–H and O–H groups in total. The second-order valence-corrected chi connectivity index (χ2v) is 5.80. The number of carbonyl (C=O) groups is 1. The average molecular weight is 367 g/mol.